The molecule has 1 heterocycles. The van der Waals surface area contributed by atoms with E-state index >= 15 is 0 Å². The molecule has 0 aromatic heterocycles. The molecule has 1 aromatic rings. The zero-order valence-corrected chi connectivity index (χ0v) is 17.6. The molecule has 1 saturated heterocycles. The molecular weight excluding hydrogens is 403 g/mol. The Balaban J connectivity index is 2.02. The van der Waals surface area contributed by atoms with Crippen molar-refractivity contribution >= 4 is 21.8 Å². The van der Waals surface area contributed by atoms with E-state index in [4.69, 9.17) is 4.74 Å². The summed E-state index contributed by atoms with van der Waals surface area (Å²) in [5, 5.41) is 4.89. The number of likely N-dealkylation sites (N-methyl/N-ethyl adjacent to an activating group) is 1. The summed E-state index contributed by atoms with van der Waals surface area (Å²) in [4.78, 5) is 25.6. The third kappa shape index (κ3) is 6.20. The Morgan fingerprint density at radius 3 is 2.62 bits per heavy atom. The maximum atomic E-state index is 13.5. The fourth-order valence-corrected chi connectivity index (χ4v) is 4.40. The first-order chi connectivity index (χ1) is 13.6. The van der Waals surface area contributed by atoms with Crippen molar-refractivity contribution in [3.8, 4) is 0 Å². The second-order valence-electron chi connectivity index (χ2n) is 6.97. The summed E-state index contributed by atoms with van der Waals surface area (Å²) in [6.45, 7) is 2.70. The van der Waals surface area contributed by atoms with Gasteiger partial charge >= 0.3 is 11.8 Å². The van der Waals surface area contributed by atoms with Crippen molar-refractivity contribution in [2.75, 3.05) is 46.9 Å². The number of rotatable bonds is 7. The number of nitrogens with zero attached hydrogens (tertiary/aromatic N) is 2. The fourth-order valence-electron chi connectivity index (χ4n) is 2.75. The van der Waals surface area contributed by atoms with Gasteiger partial charge in [0.25, 0.3) is 0 Å². The normalized spacial score (nSPS) is 17.9. The van der Waals surface area contributed by atoms with Crippen LogP contribution in [0.25, 0.3) is 0 Å². The second kappa shape index (κ2) is 10.1. The molecule has 1 fully saturated rings. The molecule has 0 bridgehead atoms. The van der Waals surface area contributed by atoms with Crippen molar-refractivity contribution in [2.24, 2.45) is 0 Å². The summed E-state index contributed by atoms with van der Waals surface area (Å²) in [5.74, 6) is -2.16. The van der Waals surface area contributed by atoms with Crippen molar-refractivity contribution in [3.05, 3.63) is 29.6 Å². The predicted octanol–water partition coefficient (Wildman–Crippen LogP) is -0.335. The SMILES string of the molecule is Cc1cc(S(=O)(=O)N2CCCO[C@@H]2CNC(=O)C(=O)NCCN(C)C)ccc1F. The van der Waals surface area contributed by atoms with Crippen molar-refractivity contribution in [1.29, 1.82) is 0 Å². The van der Waals surface area contributed by atoms with Gasteiger partial charge in [-0.25, -0.2) is 12.8 Å². The molecule has 29 heavy (non-hydrogen) atoms. The Morgan fingerprint density at radius 2 is 1.97 bits per heavy atom. The Hall–Kier alpha value is -2.08. The topological polar surface area (TPSA) is 108 Å². The van der Waals surface area contributed by atoms with Gasteiger partial charge in [0.2, 0.25) is 10.0 Å². The van der Waals surface area contributed by atoms with Crippen molar-refractivity contribution in [2.45, 2.75) is 24.5 Å². The molecule has 1 aromatic carbocycles. The number of hydrogen-bond acceptors (Lipinski definition) is 6. The third-order valence-corrected chi connectivity index (χ3v) is 6.26. The molecule has 0 unspecified atom stereocenters. The van der Waals surface area contributed by atoms with Gasteiger partial charge in [-0.3, -0.25) is 9.59 Å². The van der Waals surface area contributed by atoms with E-state index < -0.39 is 33.9 Å². The van der Waals surface area contributed by atoms with E-state index in [0.29, 0.717) is 26.1 Å². The summed E-state index contributed by atoms with van der Waals surface area (Å²) in [7, 11) is -0.283. The monoisotopic (exact) mass is 430 g/mol. The van der Waals surface area contributed by atoms with Crippen molar-refractivity contribution < 1.29 is 27.1 Å². The average molecular weight is 431 g/mol. The van der Waals surface area contributed by atoms with Crippen LogP contribution in [0, 0.1) is 12.7 Å². The first-order valence-electron chi connectivity index (χ1n) is 9.23. The largest absolute Gasteiger partial charge is 0.360 e. The second-order valence-corrected chi connectivity index (χ2v) is 8.87. The Bertz CT molecular complexity index is 847. The number of nitrogens with one attached hydrogen (secondary N) is 2. The molecule has 1 aliphatic rings. The van der Waals surface area contributed by atoms with E-state index in [0.717, 1.165) is 10.4 Å². The number of carbonyl (C=O) groups is 2. The summed E-state index contributed by atoms with van der Waals surface area (Å²) in [6.07, 6.45) is -0.479. The zero-order chi connectivity index (χ0) is 21.6. The van der Waals surface area contributed by atoms with Crippen LogP contribution in [0.1, 0.15) is 12.0 Å². The minimum absolute atomic E-state index is 0.0559. The summed E-state index contributed by atoms with van der Waals surface area (Å²) in [5.41, 5.74) is 0.211. The first kappa shape index (κ1) is 23.2. The number of benzene rings is 1. The summed E-state index contributed by atoms with van der Waals surface area (Å²) >= 11 is 0. The minimum Gasteiger partial charge on any atom is -0.360 e. The first-order valence-corrected chi connectivity index (χ1v) is 10.7. The average Bonchev–Trinajstić information content (AvgIpc) is 2.67. The molecule has 1 aliphatic heterocycles. The number of ether oxygens (including phenoxy) is 1. The highest BCUT2D eigenvalue weighted by Gasteiger charge is 2.35. The fraction of sp³-hybridized carbons (Fsp3) is 0.556. The highest BCUT2D eigenvalue weighted by molar-refractivity contribution is 7.89. The van der Waals surface area contributed by atoms with Gasteiger partial charge in [0.15, 0.2) is 0 Å². The highest BCUT2D eigenvalue weighted by atomic mass is 32.2. The molecule has 0 spiro atoms. The number of hydrogen-bond donors (Lipinski definition) is 2. The van der Waals surface area contributed by atoms with Crippen LogP contribution in [0.5, 0.6) is 0 Å². The van der Waals surface area contributed by atoms with Crippen LogP contribution in [-0.4, -0.2) is 82.5 Å². The van der Waals surface area contributed by atoms with Crippen LogP contribution >= 0.6 is 0 Å². The summed E-state index contributed by atoms with van der Waals surface area (Å²) < 4.78 is 46.1. The molecule has 1 atom stereocenters. The van der Waals surface area contributed by atoms with E-state index in [9.17, 15) is 22.4 Å². The Labute approximate surface area is 170 Å². The number of amides is 2. The van der Waals surface area contributed by atoms with Crippen LogP contribution in [0.15, 0.2) is 23.1 Å². The van der Waals surface area contributed by atoms with Gasteiger partial charge in [-0.2, -0.15) is 4.31 Å². The lowest BCUT2D eigenvalue weighted by Gasteiger charge is -2.34. The van der Waals surface area contributed by atoms with Gasteiger partial charge in [-0.05, 0) is 51.2 Å². The molecule has 9 nitrogen and oxygen atoms in total. The van der Waals surface area contributed by atoms with Crippen molar-refractivity contribution in [3.63, 3.8) is 0 Å². The van der Waals surface area contributed by atoms with E-state index in [2.05, 4.69) is 10.6 Å². The minimum atomic E-state index is -3.96. The summed E-state index contributed by atoms with van der Waals surface area (Å²) in [6, 6.07) is 3.55. The van der Waals surface area contributed by atoms with Crippen LogP contribution in [0.3, 0.4) is 0 Å². The number of aryl methyl sites for hydroxylation is 1. The molecule has 2 amide bonds. The number of halogens is 1. The van der Waals surface area contributed by atoms with E-state index in [1.165, 1.54) is 19.1 Å². The molecule has 0 saturated carbocycles. The molecule has 2 rings (SSSR count). The molecule has 0 aliphatic carbocycles. The van der Waals surface area contributed by atoms with Crippen LogP contribution in [-0.2, 0) is 24.3 Å². The van der Waals surface area contributed by atoms with Gasteiger partial charge in [-0.15, -0.1) is 0 Å². The number of sulfonamides is 1. The maximum Gasteiger partial charge on any atom is 0.309 e. The Morgan fingerprint density at radius 1 is 1.28 bits per heavy atom. The smallest absolute Gasteiger partial charge is 0.309 e. The lowest BCUT2D eigenvalue weighted by molar-refractivity contribution is -0.140. The zero-order valence-electron chi connectivity index (χ0n) is 16.8. The van der Waals surface area contributed by atoms with Crippen molar-refractivity contribution in [1.82, 2.24) is 19.8 Å². The van der Waals surface area contributed by atoms with E-state index in [1.807, 2.05) is 19.0 Å². The van der Waals surface area contributed by atoms with Gasteiger partial charge in [0, 0.05) is 19.6 Å². The van der Waals surface area contributed by atoms with E-state index in [-0.39, 0.29) is 23.5 Å². The molecular formula is C18H27FN4O5S. The lowest BCUT2D eigenvalue weighted by atomic mass is 10.2. The quantitative estimate of drug-likeness (QED) is 0.574. The van der Waals surface area contributed by atoms with Crippen LogP contribution < -0.4 is 10.6 Å². The molecule has 0 radical (unpaired) electrons. The third-order valence-electron chi connectivity index (χ3n) is 4.38. The predicted molar refractivity (Wildman–Crippen MR) is 104 cm³/mol. The van der Waals surface area contributed by atoms with E-state index in [1.54, 1.807) is 0 Å². The van der Waals surface area contributed by atoms with Gasteiger partial charge in [0.1, 0.15) is 12.0 Å². The van der Waals surface area contributed by atoms with Gasteiger partial charge < -0.3 is 20.3 Å². The number of carbonyl (C=O) groups excluding carboxylic acids is 2. The Kier molecular flexibility index (Phi) is 8.08. The maximum absolute atomic E-state index is 13.5. The van der Waals surface area contributed by atoms with Crippen LogP contribution in [0.4, 0.5) is 4.39 Å². The molecule has 2 N–H and O–H groups in total. The molecule has 11 heteroatoms. The van der Waals surface area contributed by atoms with Gasteiger partial charge in [0.05, 0.1) is 18.0 Å². The standard InChI is InChI=1S/C18H27FN4O5S/c1-13-11-14(5-6-15(13)19)29(26,27)23-8-4-10-28-16(23)12-21-18(25)17(24)20-7-9-22(2)3/h5-6,11,16H,4,7-10,12H2,1-3H3,(H,20,24)(H,21,25)/t16-/m1/s1. The highest BCUT2D eigenvalue weighted by Crippen LogP contribution is 2.23. The van der Waals surface area contributed by atoms with Gasteiger partial charge in [-0.1, -0.05) is 0 Å². The van der Waals surface area contributed by atoms with Crippen LogP contribution in [0.2, 0.25) is 0 Å². The molecule has 162 valence electrons. The lowest BCUT2D eigenvalue weighted by Crippen LogP contribution is -2.53.